The van der Waals surface area contributed by atoms with Crippen LogP contribution in [-0.4, -0.2) is 53.2 Å². The molecule has 3 rings (SSSR count). The molecule has 0 spiro atoms. The van der Waals surface area contributed by atoms with Crippen LogP contribution in [0.2, 0.25) is 0 Å². The molecular weight excluding hydrogens is 324 g/mol. The lowest BCUT2D eigenvalue weighted by Gasteiger charge is -2.31. The first-order valence-electron chi connectivity index (χ1n) is 8.12. The number of benzene rings is 1. The van der Waals surface area contributed by atoms with Gasteiger partial charge in [-0.05, 0) is 12.5 Å². The van der Waals surface area contributed by atoms with Crippen molar-refractivity contribution in [2.24, 2.45) is 17.6 Å². The first-order chi connectivity index (χ1) is 11.9. The molecule has 8 nitrogen and oxygen atoms in total. The molecule has 3 N–H and O–H groups in total. The Kier molecular flexibility index (Phi) is 4.20. The van der Waals surface area contributed by atoms with Gasteiger partial charge in [0.25, 0.3) is 0 Å². The van der Waals surface area contributed by atoms with Crippen molar-refractivity contribution in [2.75, 3.05) is 13.6 Å². The van der Waals surface area contributed by atoms with E-state index in [4.69, 9.17) is 5.73 Å². The van der Waals surface area contributed by atoms with Gasteiger partial charge in [-0.15, -0.1) is 0 Å². The molecule has 2 saturated heterocycles. The van der Waals surface area contributed by atoms with E-state index in [1.807, 2.05) is 6.07 Å². The fourth-order valence-electron chi connectivity index (χ4n) is 3.87. The Bertz CT molecular complexity index is 735. The highest BCUT2D eigenvalue weighted by Crippen LogP contribution is 2.49. The summed E-state index contributed by atoms with van der Waals surface area (Å²) < 4.78 is 0. The maximum absolute atomic E-state index is 12.7. The van der Waals surface area contributed by atoms with Gasteiger partial charge < -0.3 is 16.0 Å². The number of primary amides is 1. The first kappa shape index (κ1) is 16.9. The average molecular weight is 344 g/mol. The minimum Gasteiger partial charge on any atom is -0.368 e. The standard InChI is InChI=1S/C17H20N4O4/c1-3-19-17(25)21-12(9-7-5-4-6-8-9)10-11(13(21)14(18)22)16(24)20(2)15(10)23/h4-8,10-13H,3H2,1-2H3,(H2,18,22)(H,19,25). The van der Waals surface area contributed by atoms with Gasteiger partial charge in [0.2, 0.25) is 17.7 Å². The number of rotatable bonds is 3. The highest BCUT2D eigenvalue weighted by molar-refractivity contribution is 6.09. The van der Waals surface area contributed by atoms with E-state index in [9.17, 15) is 19.2 Å². The molecule has 8 heteroatoms. The van der Waals surface area contributed by atoms with Gasteiger partial charge in [-0.25, -0.2) is 4.79 Å². The molecule has 0 radical (unpaired) electrons. The van der Waals surface area contributed by atoms with Crippen molar-refractivity contribution in [2.45, 2.75) is 19.0 Å². The van der Waals surface area contributed by atoms with E-state index in [-0.39, 0.29) is 0 Å². The Morgan fingerprint density at radius 2 is 1.72 bits per heavy atom. The number of carbonyl (C=O) groups excluding carboxylic acids is 4. The van der Waals surface area contributed by atoms with Crippen molar-refractivity contribution in [3.8, 4) is 0 Å². The van der Waals surface area contributed by atoms with Gasteiger partial charge in [0.1, 0.15) is 6.04 Å². The summed E-state index contributed by atoms with van der Waals surface area (Å²) in [5.41, 5.74) is 6.21. The third-order valence-corrected chi connectivity index (χ3v) is 4.89. The number of urea groups is 1. The number of amides is 5. The van der Waals surface area contributed by atoms with Crippen LogP contribution in [0.1, 0.15) is 18.5 Å². The summed E-state index contributed by atoms with van der Waals surface area (Å²) in [5.74, 6) is -3.45. The van der Waals surface area contributed by atoms with E-state index >= 15 is 0 Å². The normalized spacial score (nSPS) is 28.2. The SMILES string of the molecule is CCNC(=O)N1C(C(N)=O)C2C(=O)N(C)C(=O)C2C1c1ccccc1. The molecule has 4 atom stereocenters. The van der Waals surface area contributed by atoms with Crippen LogP contribution >= 0.6 is 0 Å². The van der Waals surface area contributed by atoms with Gasteiger partial charge in [-0.2, -0.15) is 0 Å². The summed E-state index contributed by atoms with van der Waals surface area (Å²) in [6, 6.07) is 6.51. The smallest absolute Gasteiger partial charge is 0.318 e. The Balaban J connectivity index is 2.16. The Labute approximate surface area is 144 Å². The van der Waals surface area contributed by atoms with E-state index in [0.717, 1.165) is 4.90 Å². The summed E-state index contributed by atoms with van der Waals surface area (Å²) in [4.78, 5) is 52.3. The van der Waals surface area contributed by atoms with Crippen LogP contribution in [0.25, 0.3) is 0 Å². The predicted molar refractivity (Wildman–Crippen MR) is 87.8 cm³/mol. The number of imide groups is 1. The second kappa shape index (κ2) is 6.19. The number of fused-ring (bicyclic) bond motifs is 1. The van der Waals surface area contributed by atoms with E-state index < -0.39 is 47.7 Å². The lowest BCUT2D eigenvalue weighted by atomic mass is 9.86. The van der Waals surface area contributed by atoms with Crippen LogP contribution in [-0.2, 0) is 14.4 Å². The number of hydrogen-bond donors (Lipinski definition) is 2. The third-order valence-electron chi connectivity index (χ3n) is 4.89. The minimum atomic E-state index is -1.16. The lowest BCUT2D eigenvalue weighted by Crippen LogP contribution is -2.53. The van der Waals surface area contributed by atoms with Crippen molar-refractivity contribution in [1.29, 1.82) is 0 Å². The van der Waals surface area contributed by atoms with Gasteiger partial charge in [0, 0.05) is 13.6 Å². The monoisotopic (exact) mass is 344 g/mol. The van der Waals surface area contributed by atoms with Crippen LogP contribution in [0.3, 0.4) is 0 Å². The number of nitrogens with two attached hydrogens (primary N) is 1. The van der Waals surface area contributed by atoms with Gasteiger partial charge in [-0.3, -0.25) is 19.3 Å². The van der Waals surface area contributed by atoms with Crippen molar-refractivity contribution >= 4 is 23.8 Å². The van der Waals surface area contributed by atoms with E-state index in [1.165, 1.54) is 11.9 Å². The zero-order valence-electron chi connectivity index (χ0n) is 14.0. The molecule has 4 unspecified atom stereocenters. The molecule has 2 heterocycles. The van der Waals surface area contributed by atoms with Gasteiger partial charge in [0.15, 0.2) is 0 Å². The van der Waals surface area contributed by atoms with Crippen LogP contribution < -0.4 is 11.1 Å². The third kappa shape index (κ3) is 2.45. The molecule has 2 aliphatic heterocycles. The van der Waals surface area contributed by atoms with Crippen LogP contribution in [0.15, 0.2) is 30.3 Å². The molecule has 132 valence electrons. The lowest BCUT2D eigenvalue weighted by molar-refractivity contribution is -0.141. The minimum absolute atomic E-state index is 0.347. The fourth-order valence-corrected chi connectivity index (χ4v) is 3.87. The Morgan fingerprint density at radius 3 is 2.28 bits per heavy atom. The number of carbonyl (C=O) groups is 4. The highest BCUT2D eigenvalue weighted by atomic mass is 16.2. The van der Waals surface area contributed by atoms with Crippen molar-refractivity contribution in [1.82, 2.24) is 15.1 Å². The van der Waals surface area contributed by atoms with Crippen LogP contribution in [0.5, 0.6) is 0 Å². The molecular formula is C17H20N4O4. The van der Waals surface area contributed by atoms with Gasteiger partial charge in [0.05, 0.1) is 17.9 Å². The largest absolute Gasteiger partial charge is 0.368 e. The van der Waals surface area contributed by atoms with Gasteiger partial charge >= 0.3 is 6.03 Å². The second-order valence-corrected chi connectivity index (χ2v) is 6.23. The highest BCUT2D eigenvalue weighted by Gasteiger charge is 2.64. The molecule has 2 fully saturated rings. The molecule has 1 aromatic carbocycles. The number of nitrogens with one attached hydrogen (secondary N) is 1. The zero-order chi connectivity index (χ0) is 18.3. The summed E-state index contributed by atoms with van der Waals surface area (Å²) in [7, 11) is 1.39. The van der Waals surface area contributed by atoms with Crippen molar-refractivity contribution in [3.05, 3.63) is 35.9 Å². The second-order valence-electron chi connectivity index (χ2n) is 6.23. The fraction of sp³-hybridized carbons (Fsp3) is 0.412. The molecule has 0 saturated carbocycles. The Morgan fingerprint density at radius 1 is 1.12 bits per heavy atom. The van der Waals surface area contributed by atoms with Gasteiger partial charge in [-0.1, -0.05) is 30.3 Å². The van der Waals surface area contributed by atoms with E-state index in [0.29, 0.717) is 12.1 Å². The summed E-state index contributed by atoms with van der Waals surface area (Å²) >= 11 is 0. The number of nitrogens with zero attached hydrogens (tertiary/aromatic N) is 2. The quantitative estimate of drug-likeness (QED) is 0.743. The molecule has 5 amide bonds. The number of hydrogen-bond acceptors (Lipinski definition) is 4. The number of likely N-dealkylation sites (tertiary alicyclic amines) is 2. The van der Waals surface area contributed by atoms with E-state index in [2.05, 4.69) is 5.32 Å². The zero-order valence-corrected chi connectivity index (χ0v) is 14.0. The molecule has 2 aliphatic rings. The van der Waals surface area contributed by atoms with Crippen LogP contribution in [0, 0.1) is 11.8 Å². The van der Waals surface area contributed by atoms with Crippen LogP contribution in [0.4, 0.5) is 4.79 Å². The summed E-state index contributed by atoms with van der Waals surface area (Å²) in [6.07, 6.45) is 0. The maximum atomic E-state index is 12.7. The molecule has 25 heavy (non-hydrogen) atoms. The molecule has 0 aromatic heterocycles. The predicted octanol–water partition coefficient (Wildman–Crippen LogP) is -0.142. The van der Waals surface area contributed by atoms with Crippen molar-refractivity contribution in [3.63, 3.8) is 0 Å². The molecule has 1 aromatic rings. The summed E-state index contributed by atoms with van der Waals surface area (Å²) in [5, 5.41) is 2.65. The summed E-state index contributed by atoms with van der Waals surface area (Å²) in [6.45, 7) is 2.09. The van der Waals surface area contributed by atoms with E-state index in [1.54, 1.807) is 31.2 Å². The first-order valence-corrected chi connectivity index (χ1v) is 8.12. The molecule has 0 aliphatic carbocycles. The average Bonchev–Trinajstić information content (AvgIpc) is 3.06. The van der Waals surface area contributed by atoms with Crippen molar-refractivity contribution < 1.29 is 19.2 Å². The molecule has 0 bridgehead atoms. The topological polar surface area (TPSA) is 113 Å². The Hall–Kier alpha value is -2.90. The maximum Gasteiger partial charge on any atom is 0.318 e.